The zero-order valence-electron chi connectivity index (χ0n) is 21.1. The number of hydrogen-bond acceptors (Lipinski definition) is 5. The minimum Gasteiger partial charge on any atom is -0.492 e. The van der Waals surface area contributed by atoms with E-state index in [1.54, 1.807) is 6.92 Å². The van der Waals surface area contributed by atoms with Crippen LogP contribution in [0.25, 0.3) is 10.9 Å². The summed E-state index contributed by atoms with van der Waals surface area (Å²) in [7, 11) is 0. The maximum absolute atomic E-state index is 14.1. The molecular weight excluding hydrogens is 516 g/mol. The summed E-state index contributed by atoms with van der Waals surface area (Å²) in [5, 5.41) is 29.2. The minimum atomic E-state index is -4.67. The van der Waals surface area contributed by atoms with Gasteiger partial charge in [0, 0.05) is 22.9 Å². The molecule has 3 atom stereocenters. The SMILES string of the molecule is CC1CC(O)(C23CC(C(F)(F)F)(C2)C3)CC(COc2cc(C(F)(F)F)c3c(cnn3C3CC(C)(O)C3)c2)N1. The third-order valence-electron chi connectivity index (χ3n) is 9.48. The Labute approximate surface area is 215 Å². The number of rotatable bonds is 5. The van der Waals surface area contributed by atoms with Crippen LogP contribution in [0.1, 0.15) is 70.4 Å². The Bertz CT molecular complexity index is 1240. The quantitative estimate of drug-likeness (QED) is 0.453. The van der Waals surface area contributed by atoms with Crippen molar-refractivity contribution < 1.29 is 41.3 Å². The number of aliphatic hydroxyl groups is 2. The highest BCUT2D eigenvalue weighted by Gasteiger charge is 2.83. The molecule has 1 aromatic heterocycles. The Balaban J connectivity index is 1.19. The molecule has 210 valence electrons. The minimum absolute atomic E-state index is 0.00455. The number of fused-ring (bicyclic) bond motifs is 1. The monoisotopic (exact) mass is 547 g/mol. The van der Waals surface area contributed by atoms with Crippen LogP contribution in [0.4, 0.5) is 26.3 Å². The van der Waals surface area contributed by atoms with Crippen molar-refractivity contribution in [3.8, 4) is 5.75 Å². The molecule has 0 radical (unpaired) electrons. The molecular formula is C26H31F6N3O3. The maximum Gasteiger partial charge on any atom is 0.418 e. The van der Waals surface area contributed by atoms with Gasteiger partial charge >= 0.3 is 12.4 Å². The number of alkyl halides is 6. The number of piperidine rings is 1. The van der Waals surface area contributed by atoms with Gasteiger partial charge in [-0.25, -0.2) is 0 Å². The van der Waals surface area contributed by atoms with Crippen LogP contribution in [0, 0.1) is 10.8 Å². The second-order valence-electron chi connectivity index (χ2n) is 12.7. The van der Waals surface area contributed by atoms with Crippen LogP contribution < -0.4 is 10.1 Å². The average molecular weight is 548 g/mol. The molecule has 4 aliphatic carbocycles. The molecule has 5 fully saturated rings. The lowest BCUT2D eigenvalue weighted by atomic mass is 9.29. The van der Waals surface area contributed by atoms with E-state index in [2.05, 4.69) is 10.4 Å². The first-order chi connectivity index (χ1) is 17.5. The molecule has 1 aromatic carbocycles. The molecule has 0 amide bonds. The summed E-state index contributed by atoms with van der Waals surface area (Å²) in [4.78, 5) is 0. The summed E-state index contributed by atoms with van der Waals surface area (Å²) >= 11 is 0. The molecule has 38 heavy (non-hydrogen) atoms. The van der Waals surface area contributed by atoms with E-state index in [1.807, 2.05) is 6.92 Å². The fourth-order valence-electron chi connectivity index (χ4n) is 7.71. The zero-order valence-corrected chi connectivity index (χ0v) is 21.1. The number of hydrogen-bond donors (Lipinski definition) is 3. The molecule has 1 aliphatic heterocycles. The summed E-state index contributed by atoms with van der Waals surface area (Å²) in [6.07, 6.45) is -6.73. The first kappa shape index (κ1) is 26.2. The molecule has 2 aromatic rings. The second-order valence-corrected chi connectivity index (χ2v) is 12.7. The summed E-state index contributed by atoms with van der Waals surface area (Å²) in [6, 6.07) is 1.45. The van der Waals surface area contributed by atoms with Crippen molar-refractivity contribution >= 4 is 10.9 Å². The van der Waals surface area contributed by atoms with Crippen LogP contribution in [0.5, 0.6) is 5.75 Å². The number of halogens is 6. The topological polar surface area (TPSA) is 79.5 Å². The van der Waals surface area contributed by atoms with Crippen molar-refractivity contribution in [2.75, 3.05) is 6.61 Å². The Morgan fingerprint density at radius 1 is 1.05 bits per heavy atom. The van der Waals surface area contributed by atoms with Crippen molar-refractivity contribution in [2.24, 2.45) is 10.8 Å². The normalized spacial score (nSPS) is 40.8. The highest BCUT2D eigenvalue weighted by atomic mass is 19.4. The van der Waals surface area contributed by atoms with E-state index in [4.69, 9.17) is 4.74 Å². The van der Waals surface area contributed by atoms with E-state index in [0.29, 0.717) is 19.3 Å². The van der Waals surface area contributed by atoms with Gasteiger partial charge in [0.2, 0.25) is 0 Å². The Morgan fingerprint density at radius 3 is 2.29 bits per heavy atom. The van der Waals surface area contributed by atoms with Gasteiger partial charge in [0.05, 0.1) is 39.9 Å². The lowest BCUT2D eigenvalue weighted by molar-refractivity contribution is -0.403. The molecule has 3 unspecified atom stereocenters. The van der Waals surface area contributed by atoms with Gasteiger partial charge in [-0.1, -0.05) is 0 Å². The fraction of sp³-hybridized carbons (Fsp3) is 0.731. The fourth-order valence-corrected chi connectivity index (χ4v) is 7.71. The second kappa shape index (κ2) is 7.78. The van der Waals surface area contributed by atoms with Crippen molar-refractivity contribution in [3.05, 3.63) is 23.9 Å². The molecule has 4 saturated carbocycles. The van der Waals surface area contributed by atoms with Crippen molar-refractivity contribution in [1.82, 2.24) is 15.1 Å². The van der Waals surface area contributed by atoms with Gasteiger partial charge in [-0.05, 0) is 70.9 Å². The lowest BCUT2D eigenvalue weighted by Crippen LogP contribution is -2.78. The summed E-state index contributed by atoms with van der Waals surface area (Å²) in [6.45, 7) is 3.42. The first-order valence-corrected chi connectivity index (χ1v) is 12.9. The van der Waals surface area contributed by atoms with Gasteiger partial charge in [0.1, 0.15) is 12.4 Å². The Hall–Kier alpha value is -2.05. The molecule has 2 bridgehead atoms. The standard InChI is InChI=1S/C26H31F6N3O3/c1-14-5-24(37,22-11-23(12-22,13-22)26(30,31)32)6-16(34-14)10-38-18-3-15-9-33-35(17-7-21(2,36)8-17)20(15)19(4-18)25(27,28)29/h3-4,9,14,16-17,34,36-37H,5-8,10-13H2,1-2H3. The molecule has 1 saturated heterocycles. The molecule has 6 nitrogen and oxygen atoms in total. The van der Waals surface area contributed by atoms with Gasteiger partial charge in [0.25, 0.3) is 0 Å². The van der Waals surface area contributed by atoms with Crippen LogP contribution in [0.15, 0.2) is 18.3 Å². The van der Waals surface area contributed by atoms with Crippen molar-refractivity contribution in [3.63, 3.8) is 0 Å². The molecule has 5 aliphatic rings. The van der Waals surface area contributed by atoms with E-state index in [9.17, 15) is 36.6 Å². The van der Waals surface area contributed by atoms with Crippen molar-refractivity contribution in [2.45, 2.75) is 100 Å². The molecule has 0 spiro atoms. The van der Waals surface area contributed by atoms with Crippen molar-refractivity contribution in [1.29, 1.82) is 0 Å². The summed E-state index contributed by atoms with van der Waals surface area (Å²) in [5.41, 5.74) is -5.60. The van der Waals surface area contributed by atoms with Crippen LogP contribution in [-0.2, 0) is 6.18 Å². The van der Waals surface area contributed by atoms with Gasteiger partial charge < -0.3 is 20.3 Å². The highest BCUT2D eigenvalue weighted by molar-refractivity contribution is 5.84. The average Bonchev–Trinajstić information content (AvgIpc) is 3.08. The van der Waals surface area contributed by atoms with E-state index in [1.165, 1.54) is 16.9 Å². The van der Waals surface area contributed by atoms with E-state index in [0.717, 1.165) is 6.07 Å². The Kier molecular flexibility index (Phi) is 5.36. The first-order valence-electron chi connectivity index (χ1n) is 12.9. The molecule has 7 rings (SSSR count). The number of aromatic nitrogens is 2. The van der Waals surface area contributed by atoms with Crippen LogP contribution >= 0.6 is 0 Å². The third-order valence-corrected chi connectivity index (χ3v) is 9.48. The lowest BCUT2D eigenvalue weighted by Gasteiger charge is -2.76. The predicted molar refractivity (Wildman–Crippen MR) is 124 cm³/mol. The van der Waals surface area contributed by atoms with Crippen LogP contribution in [0.3, 0.4) is 0 Å². The summed E-state index contributed by atoms with van der Waals surface area (Å²) < 4.78 is 89.4. The number of nitrogens with one attached hydrogen (secondary N) is 1. The van der Waals surface area contributed by atoms with E-state index < -0.39 is 46.0 Å². The largest absolute Gasteiger partial charge is 0.492 e. The third kappa shape index (κ3) is 3.84. The smallest absolute Gasteiger partial charge is 0.418 e. The molecule has 12 heteroatoms. The van der Waals surface area contributed by atoms with Gasteiger partial charge in [-0.2, -0.15) is 31.4 Å². The highest BCUT2D eigenvalue weighted by Crippen LogP contribution is 2.82. The summed E-state index contributed by atoms with van der Waals surface area (Å²) in [5.74, 6) is -0.00455. The maximum atomic E-state index is 14.1. The van der Waals surface area contributed by atoms with E-state index >= 15 is 0 Å². The number of ether oxygens (including phenoxy) is 1. The Morgan fingerprint density at radius 2 is 1.71 bits per heavy atom. The molecule has 2 heterocycles. The number of benzene rings is 1. The van der Waals surface area contributed by atoms with Crippen LogP contribution in [0.2, 0.25) is 0 Å². The van der Waals surface area contributed by atoms with Gasteiger partial charge in [-0.15, -0.1) is 0 Å². The van der Waals surface area contributed by atoms with Crippen LogP contribution in [-0.4, -0.2) is 56.1 Å². The predicted octanol–water partition coefficient (Wildman–Crippen LogP) is 5.12. The molecule has 3 N–H and O–H groups in total. The van der Waals surface area contributed by atoms with E-state index in [-0.39, 0.29) is 61.0 Å². The number of nitrogens with zero attached hydrogens (tertiary/aromatic N) is 2. The zero-order chi connectivity index (χ0) is 27.5. The van der Waals surface area contributed by atoms with Gasteiger partial charge in [-0.3, -0.25) is 4.68 Å². The van der Waals surface area contributed by atoms with Gasteiger partial charge in [0.15, 0.2) is 0 Å².